The molecule has 2 aliphatic rings. The summed E-state index contributed by atoms with van der Waals surface area (Å²) in [6.45, 7) is 8.35. The molecule has 200 valence electrons. The Bertz CT molecular complexity index is 1250. The zero-order valence-electron chi connectivity index (χ0n) is 21.6. The van der Waals surface area contributed by atoms with Crippen LogP contribution in [0, 0.1) is 20.8 Å². The summed E-state index contributed by atoms with van der Waals surface area (Å²) in [7, 11) is -2.32. The summed E-state index contributed by atoms with van der Waals surface area (Å²) in [5, 5.41) is 14.0. The van der Waals surface area contributed by atoms with E-state index < -0.39 is 10.6 Å². The molecule has 11 heteroatoms. The van der Waals surface area contributed by atoms with E-state index in [0.717, 1.165) is 55.7 Å². The van der Waals surface area contributed by atoms with Gasteiger partial charge in [-0.05, 0) is 88.2 Å². The van der Waals surface area contributed by atoms with Crippen molar-refractivity contribution < 1.29 is 9.11 Å². The lowest BCUT2D eigenvalue weighted by atomic mass is 9.85. The number of aromatic amines is 1. The fourth-order valence-electron chi connectivity index (χ4n) is 5.49. The minimum absolute atomic E-state index is 0.419. The first-order valence-corrected chi connectivity index (χ1v) is 15.1. The number of halogens is 1. The minimum atomic E-state index is -2.32. The van der Waals surface area contributed by atoms with Crippen LogP contribution < -0.4 is 10.6 Å². The summed E-state index contributed by atoms with van der Waals surface area (Å²) in [4.78, 5) is 11.5. The fourth-order valence-corrected chi connectivity index (χ4v) is 7.13. The Morgan fingerprint density at radius 3 is 2.41 bits per heavy atom. The Morgan fingerprint density at radius 2 is 1.73 bits per heavy atom. The second-order valence-corrected chi connectivity index (χ2v) is 13.2. The molecule has 2 saturated heterocycles. The maximum absolute atomic E-state index is 9.93. The molecule has 0 amide bonds. The van der Waals surface area contributed by atoms with Crippen LogP contribution in [0.3, 0.4) is 0 Å². The molecule has 0 bridgehead atoms. The van der Waals surface area contributed by atoms with Crippen LogP contribution in [-0.4, -0.2) is 64.8 Å². The smallest absolute Gasteiger partial charge is 0.229 e. The van der Waals surface area contributed by atoms with Crippen LogP contribution in [0.2, 0.25) is 5.02 Å². The maximum Gasteiger partial charge on any atom is 0.229 e. The van der Waals surface area contributed by atoms with Crippen molar-refractivity contribution in [1.82, 2.24) is 25.1 Å². The van der Waals surface area contributed by atoms with E-state index in [4.69, 9.17) is 11.6 Å². The third-order valence-electron chi connectivity index (χ3n) is 7.60. The normalized spacial score (nSPS) is 20.1. The molecule has 1 aromatic carbocycles. The number of anilines is 4. The zero-order valence-corrected chi connectivity index (χ0v) is 23.2. The predicted molar refractivity (Wildman–Crippen MR) is 152 cm³/mol. The molecule has 5 rings (SSSR count). The number of nitrogens with one attached hydrogen (secondary N) is 3. The van der Waals surface area contributed by atoms with Gasteiger partial charge in [0.25, 0.3) is 0 Å². The van der Waals surface area contributed by atoms with Gasteiger partial charge in [0.2, 0.25) is 5.95 Å². The van der Waals surface area contributed by atoms with Gasteiger partial charge in [-0.25, -0.2) is 4.98 Å². The molecular weight excluding hydrogens is 510 g/mol. The number of rotatable bonds is 6. The van der Waals surface area contributed by atoms with Gasteiger partial charge in [-0.15, -0.1) is 0 Å². The summed E-state index contributed by atoms with van der Waals surface area (Å²) in [6, 6.07) is 6.86. The first kappa shape index (κ1) is 26.2. The monoisotopic (exact) mass is 545 g/mol. The summed E-state index contributed by atoms with van der Waals surface area (Å²) in [5.74, 6) is 3.25. The van der Waals surface area contributed by atoms with Crippen molar-refractivity contribution in [2.24, 2.45) is 0 Å². The minimum Gasteiger partial charge on any atom is -0.324 e. The number of piperidine rings is 1. The van der Waals surface area contributed by atoms with Gasteiger partial charge in [0.1, 0.15) is 5.02 Å². The van der Waals surface area contributed by atoms with E-state index in [1.54, 1.807) is 6.20 Å². The van der Waals surface area contributed by atoms with Gasteiger partial charge in [0.15, 0.2) is 11.6 Å². The van der Waals surface area contributed by atoms with Crippen LogP contribution in [-0.2, 0) is 0 Å². The standard InChI is InChI=1S/C26H36ClN7O2S/c1-16-13-23(29-26-28-15-22(27)25(31-26)30-24-14-18(3)32-33-24)17(2)12-21(16)19-4-8-34(9-5-19)20-6-10-37(35,36)11-7-20/h12-15,19-20,35-36H,4-11H2,1-3H3,(H3,28,29,30,31,32,33). The van der Waals surface area contributed by atoms with E-state index in [1.807, 2.05) is 13.0 Å². The molecule has 0 unspecified atom stereocenters. The Hall–Kier alpha value is -2.37. The second kappa shape index (κ2) is 10.8. The molecule has 0 atom stereocenters. The average Bonchev–Trinajstić information content (AvgIpc) is 3.28. The summed E-state index contributed by atoms with van der Waals surface area (Å²) in [6.07, 6.45) is 5.63. The Kier molecular flexibility index (Phi) is 7.65. The van der Waals surface area contributed by atoms with Gasteiger partial charge in [-0.2, -0.15) is 20.7 Å². The predicted octanol–water partition coefficient (Wildman–Crippen LogP) is 6.36. The van der Waals surface area contributed by atoms with Crippen molar-refractivity contribution in [2.45, 2.75) is 58.4 Å². The average molecular weight is 546 g/mol. The number of likely N-dealkylation sites (tertiary alicyclic amines) is 1. The number of aryl methyl sites for hydroxylation is 3. The zero-order chi connectivity index (χ0) is 26.2. The lowest BCUT2D eigenvalue weighted by Gasteiger charge is -2.45. The van der Waals surface area contributed by atoms with E-state index in [-0.39, 0.29) is 0 Å². The fraction of sp³-hybridized carbons (Fsp3) is 0.500. The van der Waals surface area contributed by atoms with Gasteiger partial charge in [0.05, 0.1) is 6.20 Å². The Balaban J connectivity index is 1.24. The molecule has 2 aromatic heterocycles. The summed E-state index contributed by atoms with van der Waals surface area (Å²) >= 11 is 6.31. The van der Waals surface area contributed by atoms with Crippen LogP contribution in [0.25, 0.3) is 0 Å². The first-order chi connectivity index (χ1) is 17.7. The molecule has 0 aliphatic carbocycles. The maximum atomic E-state index is 9.93. The molecule has 4 heterocycles. The first-order valence-electron chi connectivity index (χ1n) is 12.8. The van der Waals surface area contributed by atoms with E-state index in [2.05, 4.69) is 61.7 Å². The lowest BCUT2D eigenvalue weighted by molar-refractivity contribution is 0.141. The van der Waals surface area contributed by atoms with Crippen molar-refractivity contribution in [1.29, 1.82) is 0 Å². The quantitative estimate of drug-likeness (QED) is 0.242. The third-order valence-corrected chi connectivity index (χ3v) is 9.65. The topological polar surface area (TPSA) is 122 Å². The van der Waals surface area contributed by atoms with Crippen molar-refractivity contribution >= 4 is 45.5 Å². The van der Waals surface area contributed by atoms with E-state index in [9.17, 15) is 9.11 Å². The van der Waals surface area contributed by atoms with E-state index in [0.29, 0.717) is 46.1 Å². The van der Waals surface area contributed by atoms with Crippen molar-refractivity contribution in [3.8, 4) is 0 Å². The van der Waals surface area contributed by atoms with Crippen molar-refractivity contribution in [3.05, 3.63) is 51.8 Å². The molecule has 2 aliphatic heterocycles. The summed E-state index contributed by atoms with van der Waals surface area (Å²) < 4.78 is 19.9. The molecule has 0 spiro atoms. The molecule has 2 fully saturated rings. The van der Waals surface area contributed by atoms with Crippen LogP contribution in [0.5, 0.6) is 0 Å². The van der Waals surface area contributed by atoms with Gasteiger partial charge >= 0.3 is 0 Å². The van der Waals surface area contributed by atoms with Gasteiger partial charge < -0.3 is 15.5 Å². The third kappa shape index (κ3) is 6.21. The highest BCUT2D eigenvalue weighted by atomic mass is 35.5. The molecule has 3 aromatic rings. The van der Waals surface area contributed by atoms with E-state index >= 15 is 0 Å². The molecular formula is C26H36ClN7O2S. The van der Waals surface area contributed by atoms with Crippen LogP contribution in [0.15, 0.2) is 24.4 Å². The van der Waals surface area contributed by atoms with E-state index in [1.165, 1.54) is 11.1 Å². The van der Waals surface area contributed by atoms with Crippen LogP contribution in [0.4, 0.5) is 23.3 Å². The molecule has 0 saturated carbocycles. The highest BCUT2D eigenvalue weighted by Crippen LogP contribution is 2.45. The van der Waals surface area contributed by atoms with Gasteiger partial charge in [0, 0.05) is 35.0 Å². The second-order valence-electron chi connectivity index (χ2n) is 10.4. The Labute approximate surface area is 224 Å². The molecule has 5 N–H and O–H groups in total. The highest BCUT2D eigenvalue weighted by Gasteiger charge is 2.31. The van der Waals surface area contributed by atoms with Crippen LogP contribution in [0.1, 0.15) is 54.0 Å². The summed E-state index contributed by atoms with van der Waals surface area (Å²) in [5.41, 5.74) is 5.74. The largest absolute Gasteiger partial charge is 0.324 e. The molecule has 0 radical (unpaired) electrons. The Morgan fingerprint density at radius 1 is 1.00 bits per heavy atom. The van der Waals surface area contributed by atoms with Gasteiger partial charge in [-0.3, -0.25) is 14.2 Å². The van der Waals surface area contributed by atoms with Gasteiger partial charge in [-0.1, -0.05) is 17.7 Å². The SMILES string of the molecule is Cc1cc(Nc2nc(Nc3cc(C)c(C4CCN(C5CCS(O)(O)CC5)CC4)cc3C)ncc2Cl)n[nH]1. The number of nitrogens with zero attached hydrogens (tertiary/aromatic N) is 4. The number of benzene rings is 1. The number of H-pyrrole nitrogens is 1. The van der Waals surface area contributed by atoms with Crippen molar-refractivity contribution in [2.75, 3.05) is 35.2 Å². The number of hydrogen-bond donors (Lipinski definition) is 5. The highest BCUT2D eigenvalue weighted by molar-refractivity contribution is 8.24. The number of hydrogen-bond acceptors (Lipinski definition) is 8. The molecule has 37 heavy (non-hydrogen) atoms. The van der Waals surface area contributed by atoms with Crippen molar-refractivity contribution in [3.63, 3.8) is 0 Å². The number of aromatic nitrogens is 4. The lowest BCUT2D eigenvalue weighted by Crippen LogP contribution is -2.44. The van der Waals surface area contributed by atoms with Crippen LogP contribution >= 0.6 is 22.2 Å². The molecule has 9 nitrogen and oxygen atoms in total.